The van der Waals surface area contributed by atoms with Gasteiger partial charge in [0.15, 0.2) is 0 Å². The molecule has 0 saturated carbocycles. The van der Waals surface area contributed by atoms with Crippen LogP contribution in [0.5, 0.6) is 0 Å². The second-order valence-corrected chi connectivity index (χ2v) is 2.96. The minimum absolute atomic E-state index is 0.447. The van der Waals surface area contributed by atoms with E-state index in [2.05, 4.69) is 18.0 Å². The molecule has 1 heteroatoms. The van der Waals surface area contributed by atoms with Gasteiger partial charge in [0.2, 0.25) is 0 Å². The molecule has 0 bridgehead atoms. The highest BCUT2D eigenvalue weighted by Crippen LogP contribution is 2.19. The predicted molar refractivity (Wildman–Crippen MR) is 54.4 cm³/mol. The second kappa shape index (κ2) is 3.40. The van der Waals surface area contributed by atoms with Crippen LogP contribution in [-0.4, -0.2) is 4.98 Å². The van der Waals surface area contributed by atoms with Crippen molar-refractivity contribution in [2.24, 2.45) is 0 Å². The monoisotopic (exact) mass is 171 g/mol. The number of hydrogen-bond donors (Lipinski definition) is 0. The van der Waals surface area contributed by atoms with Crippen molar-refractivity contribution in [1.82, 2.24) is 4.98 Å². The molecule has 2 rings (SSSR count). The molecule has 0 aliphatic rings. The van der Waals surface area contributed by atoms with E-state index in [1.807, 2.05) is 24.3 Å². The van der Waals surface area contributed by atoms with Crippen molar-refractivity contribution in [2.45, 2.75) is 6.92 Å². The molecule has 1 heterocycles. The third-order valence-electron chi connectivity index (χ3n) is 2.04. The number of rotatable bonds is 1. The summed E-state index contributed by atoms with van der Waals surface area (Å²) in [7, 11) is 0. The minimum atomic E-state index is 0.447. The fraction of sp³-hybridized carbons (Fsp3) is 0.0833. The van der Waals surface area contributed by atoms with Crippen LogP contribution in [0.3, 0.4) is 0 Å². The highest BCUT2D eigenvalue weighted by molar-refractivity contribution is 5.62. The first-order chi connectivity index (χ1) is 6.77. The molecule has 0 aliphatic heterocycles. The van der Waals surface area contributed by atoms with E-state index in [1.54, 1.807) is 12.3 Å². The summed E-state index contributed by atoms with van der Waals surface area (Å²) < 4.78 is 7.35. The third kappa shape index (κ3) is 1.59. The quantitative estimate of drug-likeness (QED) is 0.642. The Bertz CT molecular complexity index is 434. The normalized spacial score (nSPS) is 11.0. The van der Waals surface area contributed by atoms with Gasteiger partial charge in [-0.1, -0.05) is 30.3 Å². The van der Waals surface area contributed by atoms with Gasteiger partial charge in [-0.05, 0) is 24.6 Å². The molecule has 0 fully saturated rings. The zero-order chi connectivity index (χ0) is 9.97. The average Bonchev–Trinajstić information content (AvgIpc) is 2.20. The number of hydrogen-bond acceptors (Lipinski definition) is 1. The largest absolute Gasteiger partial charge is 0.256 e. The Morgan fingerprint density at radius 3 is 2.69 bits per heavy atom. The highest BCUT2D eigenvalue weighted by atomic mass is 14.7. The van der Waals surface area contributed by atoms with Gasteiger partial charge in [-0.25, -0.2) is 0 Å². The van der Waals surface area contributed by atoms with Crippen molar-refractivity contribution in [3.8, 4) is 11.3 Å². The van der Waals surface area contributed by atoms with Gasteiger partial charge in [0, 0.05) is 11.8 Å². The van der Waals surface area contributed by atoms with E-state index in [0.717, 1.165) is 11.3 Å². The van der Waals surface area contributed by atoms with Crippen LogP contribution in [0.15, 0.2) is 48.6 Å². The lowest BCUT2D eigenvalue weighted by molar-refractivity contribution is 1.31. The first kappa shape index (κ1) is 6.84. The van der Waals surface area contributed by atoms with Gasteiger partial charge >= 0.3 is 0 Å². The lowest BCUT2D eigenvalue weighted by Gasteiger charge is -2.03. The van der Waals surface area contributed by atoms with E-state index in [-0.39, 0.29) is 0 Å². The van der Waals surface area contributed by atoms with Crippen LogP contribution in [0.1, 0.15) is 6.93 Å². The molecule has 0 unspecified atom stereocenters. The number of nitrogens with zero attached hydrogens (tertiary/aromatic N) is 1. The van der Waals surface area contributed by atoms with Crippen LogP contribution in [0.4, 0.5) is 0 Å². The summed E-state index contributed by atoms with van der Waals surface area (Å²) in [6.07, 6.45) is 1.57. The number of aryl methyl sites for hydroxylation is 1. The van der Waals surface area contributed by atoms with Crippen LogP contribution >= 0.6 is 0 Å². The smallest absolute Gasteiger partial charge is 0.0704 e. The van der Waals surface area contributed by atoms with Gasteiger partial charge in [-0.15, -0.1) is 0 Å². The number of benzene rings is 1. The number of aromatic nitrogens is 1. The average molecular weight is 171 g/mol. The molecule has 0 atom stereocenters. The molecule has 0 spiro atoms. The van der Waals surface area contributed by atoms with Gasteiger partial charge in [-0.3, -0.25) is 4.98 Å². The summed E-state index contributed by atoms with van der Waals surface area (Å²) >= 11 is 0. The first-order valence-corrected chi connectivity index (χ1v) is 4.26. The molecule has 0 saturated heterocycles. The van der Waals surface area contributed by atoms with E-state index >= 15 is 0 Å². The van der Waals surface area contributed by atoms with E-state index in [1.165, 1.54) is 5.56 Å². The molecule has 0 radical (unpaired) electrons. The maximum absolute atomic E-state index is 7.35. The van der Waals surface area contributed by atoms with Crippen molar-refractivity contribution in [3.63, 3.8) is 0 Å². The standard InChI is InChI=1S/C12H11N/c1-10-6-2-3-7-11(10)12-8-4-5-9-13-12/h2-9H,1H3/i5T. The van der Waals surface area contributed by atoms with Crippen molar-refractivity contribution in [3.05, 3.63) is 54.2 Å². The zero-order valence-corrected chi connectivity index (χ0v) is 7.49. The van der Waals surface area contributed by atoms with Crippen molar-refractivity contribution in [1.29, 1.82) is 0 Å². The van der Waals surface area contributed by atoms with E-state index < -0.39 is 0 Å². The lowest BCUT2D eigenvalue weighted by Crippen LogP contribution is -1.84. The van der Waals surface area contributed by atoms with Gasteiger partial charge in [0.25, 0.3) is 0 Å². The highest BCUT2D eigenvalue weighted by Gasteiger charge is 1.99. The Kier molecular flexibility index (Phi) is 1.79. The molecule has 2 aromatic rings. The first-order valence-electron chi connectivity index (χ1n) is 4.76. The fourth-order valence-corrected chi connectivity index (χ4v) is 1.34. The van der Waals surface area contributed by atoms with Crippen LogP contribution in [0.2, 0.25) is 0 Å². The summed E-state index contributed by atoms with van der Waals surface area (Å²) in [5.41, 5.74) is 3.27. The fourth-order valence-electron chi connectivity index (χ4n) is 1.34. The molecule has 1 aromatic carbocycles. The summed E-state index contributed by atoms with van der Waals surface area (Å²) in [4.78, 5) is 4.22. The van der Waals surface area contributed by atoms with Crippen LogP contribution in [0.25, 0.3) is 11.3 Å². The Labute approximate surface area is 79.5 Å². The van der Waals surface area contributed by atoms with Gasteiger partial charge in [0.05, 0.1) is 7.06 Å². The van der Waals surface area contributed by atoms with E-state index in [4.69, 9.17) is 1.37 Å². The summed E-state index contributed by atoms with van der Waals surface area (Å²) in [6, 6.07) is 12.2. The third-order valence-corrected chi connectivity index (χ3v) is 2.04. The predicted octanol–water partition coefficient (Wildman–Crippen LogP) is 3.06. The Morgan fingerprint density at radius 2 is 2.00 bits per heavy atom. The van der Waals surface area contributed by atoms with E-state index in [9.17, 15) is 0 Å². The van der Waals surface area contributed by atoms with Crippen LogP contribution in [-0.2, 0) is 0 Å². The molecule has 0 amide bonds. The van der Waals surface area contributed by atoms with Gasteiger partial charge < -0.3 is 0 Å². The van der Waals surface area contributed by atoms with Crippen molar-refractivity contribution in [2.75, 3.05) is 0 Å². The van der Waals surface area contributed by atoms with Crippen molar-refractivity contribution >= 4 is 0 Å². The maximum atomic E-state index is 7.35. The van der Waals surface area contributed by atoms with Crippen LogP contribution in [0, 0.1) is 6.92 Å². The van der Waals surface area contributed by atoms with Gasteiger partial charge in [-0.2, -0.15) is 0 Å². The topological polar surface area (TPSA) is 12.9 Å². The van der Waals surface area contributed by atoms with Gasteiger partial charge in [0.1, 0.15) is 0 Å². The Balaban J connectivity index is 2.50. The molecule has 64 valence electrons. The van der Waals surface area contributed by atoms with Crippen molar-refractivity contribution < 1.29 is 1.37 Å². The summed E-state index contributed by atoms with van der Waals surface area (Å²) in [5, 5.41) is 0. The van der Waals surface area contributed by atoms with Crippen LogP contribution < -0.4 is 0 Å². The van der Waals surface area contributed by atoms with E-state index in [0.29, 0.717) is 6.04 Å². The Morgan fingerprint density at radius 1 is 1.15 bits per heavy atom. The summed E-state index contributed by atoms with van der Waals surface area (Å²) in [5.74, 6) is 0. The second-order valence-electron chi connectivity index (χ2n) is 2.96. The number of pyridine rings is 1. The maximum Gasteiger partial charge on any atom is 0.0704 e. The molecule has 0 N–H and O–H groups in total. The lowest BCUT2D eigenvalue weighted by atomic mass is 10.1. The summed E-state index contributed by atoms with van der Waals surface area (Å²) in [6.45, 7) is 2.06. The zero-order valence-electron chi connectivity index (χ0n) is 8.49. The molecule has 13 heavy (non-hydrogen) atoms. The Hall–Kier alpha value is -1.63. The SMILES string of the molecule is [3H]c1ccc(-c2ccccc2C)nc1. The molecular formula is C12H11N. The molecular weight excluding hydrogens is 158 g/mol. The minimum Gasteiger partial charge on any atom is -0.256 e. The molecule has 0 aliphatic carbocycles. The molecule has 1 aromatic heterocycles. The molecule has 1 nitrogen and oxygen atoms in total.